The van der Waals surface area contributed by atoms with Crippen LogP contribution in [0.1, 0.15) is 11.3 Å². The molecule has 1 N–H and O–H groups in total. The fraction of sp³-hybridized carbons (Fsp3) is 0.412. The lowest BCUT2D eigenvalue weighted by atomic mass is 10.2. The van der Waals surface area contributed by atoms with E-state index in [1.54, 1.807) is 25.4 Å². The van der Waals surface area contributed by atoms with E-state index in [1.165, 1.54) is 6.07 Å². The number of benzene rings is 1. The molecule has 0 bridgehead atoms. The molecule has 1 aliphatic heterocycles. The van der Waals surface area contributed by atoms with Crippen molar-refractivity contribution < 1.29 is 8.91 Å². The van der Waals surface area contributed by atoms with Crippen molar-refractivity contribution in [1.29, 1.82) is 0 Å². The molecule has 0 aliphatic carbocycles. The molecule has 0 radical (unpaired) electrons. The van der Waals surface area contributed by atoms with Crippen molar-refractivity contribution in [2.75, 3.05) is 33.2 Å². The van der Waals surface area contributed by atoms with Crippen LogP contribution in [0.25, 0.3) is 0 Å². The van der Waals surface area contributed by atoms with Gasteiger partial charge in [-0.05, 0) is 18.2 Å². The lowest BCUT2D eigenvalue weighted by Gasteiger charge is -2.36. The fourth-order valence-electron chi connectivity index (χ4n) is 2.85. The normalized spacial score (nSPS) is 15.7. The molecule has 0 unspecified atom stereocenters. The van der Waals surface area contributed by atoms with E-state index >= 15 is 0 Å². The van der Waals surface area contributed by atoms with Crippen LogP contribution in [0.3, 0.4) is 0 Å². The first-order valence-electron chi connectivity index (χ1n) is 8.17. The summed E-state index contributed by atoms with van der Waals surface area (Å²) in [7, 11) is 1.75. The maximum Gasteiger partial charge on any atom is 0.194 e. The summed E-state index contributed by atoms with van der Waals surface area (Å²) in [6.45, 7) is 4.74. The molecule has 26 heavy (non-hydrogen) atoms. The van der Waals surface area contributed by atoms with E-state index in [2.05, 4.69) is 41.2 Å². The number of halogens is 3. The van der Waals surface area contributed by atoms with Gasteiger partial charge in [-0.15, -0.1) is 24.0 Å². The zero-order valence-corrected chi connectivity index (χ0v) is 18.4. The van der Waals surface area contributed by atoms with Crippen LogP contribution >= 0.6 is 39.9 Å². The second-order valence-corrected chi connectivity index (χ2v) is 6.81. The summed E-state index contributed by atoms with van der Waals surface area (Å²) in [6, 6.07) is 6.83. The molecule has 1 aromatic heterocycles. The maximum atomic E-state index is 13.9. The average molecular weight is 538 g/mol. The highest BCUT2D eigenvalue weighted by Crippen LogP contribution is 2.15. The van der Waals surface area contributed by atoms with Crippen molar-refractivity contribution >= 4 is 45.9 Å². The lowest BCUT2D eigenvalue weighted by molar-refractivity contribution is 0.169. The van der Waals surface area contributed by atoms with Crippen LogP contribution in [-0.4, -0.2) is 54.1 Å². The monoisotopic (exact) mass is 537 g/mol. The van der Waals surface area contributed by atoms with Gasteiger partial charge in [-0.25, -0.2) is 4.39 Å². The molecule has 1 fully saturated rings. The van der Waals surface area contributed by atoms with Gasteiger partial charge in [0.15, 0.2) is 5.96 Å². The fourth-order valence-corrected chi connectivity index (χ4v) is 3.26. The Morgan fingerprint density at radius 1 is 1.31 bits per heavy atom. The minimum Gasteiger partial charge on any atom is -0.364 e. The molecule has 6 nitrogen and oxygen atoms in total. The van der Waals surface area contributed by atoms with Crippen LogP contribution in [0.15, 0.2) is 44.5 Å². The van der Waals surface area contributed by atoms with Gasteiger partial charge >= 0.3 is 0 Å². The van der Waals surface area contributed by atoms with Crippen LogP contribution in [0.4, 0.5) is 4.39 Å². The number of aliphatic imine (C=N–C) groups is 1. The Labute approximate surface area is 178 Å². The summed E-state index contributed by atoms with van der Waals surface area (Å²) in [4.78, 5) is 8.85. The van der Waals surface area contributed by atoms with E-state index in [-0.39, 0.29) is 29.8 Å². The number of hydrogen-bond donors (Lipinski definition) is 1. The highest BCUT2D eigenvalue weighted by molar-refractivity contribution is 14.0. The number of aromatic nitrogens is 1. The van der Waals surface area contributed by atoms with Gasteiger partial charge in [-0.2, -0.15) is 0 Å². The minimum atomic E-state index is -0.219. The molecule has 0 amide bonds. The van der Waals surface area contributed by atoms with E-state index < -0.39 is 0 Å². The van der Waals surface area contributed by atoms with E-state index in [0.717, 1.165) is 48.8 Å². The molecule has 0 spiro atoms. The Hall–Kier alpha value is -1.20. The van der Waals surface area contributed by atoms with E-state index in [0.29, 0.717) is 12.1 Å². The Kier molecular flexibility index (Phi) is 8.29. The molecule has 1 aromatic carbocycles. The zero-order valence-electron chi connectivity index (χ0n) is 14.5. The number of nitrogens with zero attached hydrogens (tertiary/aromatic N) is 4. The number of nitrogens with one attached hydrogen (secondary N) is 1. The smallest absolute Gasteiger partial charge is 0.194 e. The lowest BCUT2D eigenvalue weighted by Crippen LogP contribution is -2.52. The molecule has 1 saturated heterocycles. The first-order chi connectivity index (χ1) is 12.2. The minimum absolute atomic E-state index is 0. The Morgan fingerprint density at radius 2 is 2.08 bits per heavy atom. The van der Waals surface area contributed by atoms with Gasteiger partial charge in [0, 0.05) is 62.4 Å². The topological polar surface area (TPSA) is 56.9 Å². The number of rotatable bonds is 4. The molecular weight excluding hydrogens is 516 g/mol. The van der Waals surface area contributed by atoms with Gasteiger partial charge in [0.1, 0.15) is 12.1 Å². The number of piperazine rings is 1. The van der Waals surface area contributed by atoms with Crippen molar-refractivity contribution in [2.24, 2.45) is 4.99 Å². The van der Waals surface area contributed by atoms with Crippen molar-refractivity contribution in [3.05, 3.63) is 52.1 Å². The van der Waals surface area contributed by atoms with Crippen molar-refractivity contribution in [3.63, 3.8) is 0 Å². The first kappa shape index (κ1) is 21.1. The molecular formula is C17H22BrFIN5O. The average Bonchev–Trinajstić information content (AvgIpc) is 3.12. The predicted molar refractivity (Wildman–Crippen MR) is 113 cm³/mol. The van der Waals surface area contributed by atoms with Crippen molar-refractivity contribution in [3.8, 4) is 0 Å². The van der Waals surface area contributed by atoms with E-state index in [9.17, 15) is 4.39 Å². The summed E-state index contributed by atoms with van der Waals surface area (Å²) >= 11 is 3.38. The molecule has 2 aromatic rings. The Morgan fingerprint density at radius 3 is 2.73 bits per heavy atom. The largest absolute Gasteiger partial charge is 0.364 e. The quantitative estimate of drug-likeness (QED) is 0.369. The predicted octanol–water partition coefficient (Wildman–Crippen LogP) is 3.09. The van der Waals surface area contributed by atoms with E-state index in [4.69, 9.17) is 4.52 Å². The third kappa shape index (κ3) is 5.65. The summed E-state index contributed by atoms with van der Waals surface area (Å²) in [5.74, 6) is 0.573. The summed E-state index contributed by atoms with van der Waals surface area (Å²) in [5, 5.41) is 7.21. The van der Waals surface area contributed by atoms with Crippen LogP contribution in [0, 0.1) is 5.82 Å². The molecule has 3 rings (SSSR count). The highest BCUT2D eigenvalue weighted by Gasteiger charge is 2.20. The maximum absolute atomic E-state index is 13.9. The molecule has 142 valence electrons. The third-order valence-electron chi connectivity index (χ3n) is 4.21. The van der Waals surface area contributed by atoms with Crippen molar-refractivity contribution in [2.45, 2.75) is 13.1 Å². The van der Waals surface area contributed by atoms with Gasteiger partial charge in [0.05, 0.1) is 5.69 Å². The molecule has 0 atom stereocenters. The molecule has 1 aliphatic rings. The number of hydrogen-bond acceptors (Lipinski definition) is 4. The second kappa shape index (κ2) is 10.2. The van der Waals surface area contributed by atoms with Gasteiger partial charge in [0.25, 0.3) is 0 Å². The summed E-state index contributed by atoms with van der Waals surface area (Å²) in [5.41, 5.74) is 1.56. The Balaban J connectivity index is 0.00000243. The summed E-state index contributed by atoms with van der Waals surface area (Å²) in [6.07, 6.45) is 1.60. The SMILES string of the molecule is CN=C(NCc1cc(Br)ccc1F)N1CCN(Cc2ccon2)CC1.I. The molecule has 9 heteroatoms. The van der Waals surface area contributed by atoms with Crippen LogP contribution in [-0.2, 0) is 13.1 Å². The van der Waals surface area contributed by atoms with Gasteiger partial charge in [-0.1, -0.05) is 21.1 Å². The number of guanidine groups is 1. The van der Waals surface area contributed by atoms with Gasteiger partial charge < -0.3 is 14.7 Å². The van der Waals surface area contributed by atoms with Crippen LogP contribution < -0.4 is 5.32 Å². The first-order valence-corrected chi connectivity index (χ1v) is 8.96. The van der Waals surface area contributed by atoms with Gasteiger partial charge in [-0.3, -0.25) is 9.89 Å². The third-order valence-corrected chi connectivity index (χ3v) is 4.70. The van der Waals surface area contributed by atoms with E-state index in [1.807, 2.05) is 6.07 Å². The van der Waals surface area contributed by atoms with Crippen molar-refractivity contribution in [1.82, 2.24) is 20.3 Å². The van der Waals surface area contributed by atoms with Gasteiger partial charge in [0.2, 0.25) is 0 Å². The second-order valence-electron chi connectivity index (χ2n) is 5.89. The standard InChI is InChI=1S/C17H21BrFN5O.HI/c1-20-17(21-11-13-10-14(18)2-3-16(13)19)24-7-5-23(6-8-24)12-15-4-9-25-22-15;/h2-4,9-10H,5-8,11-12H2,1H3,(H,20,21);1H. The Bertz CT molecular complexity index is 720. The highest BCUT2D eigenvalue weighted by atomic mass is 127. The van der Waals surface area contributed by atoms with Crippen LogP contribution in [0.2, 0.25) is 0 Å². The van der Waals surface area contributed by atoms with Crippen LogP contribution in [0.5, 0.6) is 0 Å². The zero-order chi connectivity index (χ0) is 17.6. The molecule has 0 saturated carbocycles. The molecule has 2 heterocycles. The summed E-state index contributed by atoms with van der Waals surface area (Å²) < 4.78 is 19.6.